The van der Waals surface area contributed by atoms with E-state index in [-0.39, 0.29) is 11.6 Å². The topological polar surface area (TPSA) is 37.8 Å². The second-order valence-electron chi connectivity index (χ2n) is 5.28. The van der Waals surface area contributed by atoms with E-state index in [1.165, 1.54) is 23.3 Å². The van der Waals surface area contributed by atoms with Crippen LogP contribution in [0.2, 0.25) is 0 Å². The molecule has 19 heavy (non-hydrogen) atoms. The van der Waals surface area contributed by atoms with Crippen LogP contribution in [-0.4, -0.2) is 9.55 Å². The molecule has 0 radical (unpaired) electrons. The van der Waals surface area contributed by atoms with Crippen LogP contribution in [-0.2, 0) is 12.8 Å². The van der Waals surface area contributed by atoms with Crippen LogP contribution in [0.25, 0.3) is 10.2 Å². The van der Waals surface area contributed by atoms with Crippen LogP contribution in [0.1, 0.15) is 49.6 Å². The first-order valence-corrected chi connectivity index (χ1v) is 8.15. The molecule has 1 aliphatic carbocycles. The number of aromatic nitrogens is 2. The zero-order valence-electron chi connectivity index (χ0n) is 11.3. The first kappa shape index (κ1) is 13.1. The third-order valence-corrected chi connectivity index (χ3v) is 5.58. The zero-order valence-corrected chi connectivity index (χ0v) is 12.9. The number of nitrogens with one attached hydrogen (secondary N) is 1. The number of rotatable bonds is 2. The molecule has 0 aromatic carbocycles. The van der Waals surface area contributed by atoms with Crippen molar-refractivity contribution >= 4 is 33.8 Å². The molecular formula is C14H18N2OS2. The van der Waals surface area contributed by atoms with Crippen molar-refractivity contribution in [2.45, 2.75) is 52.0 Å². The van der Waals surface area contributed by atoms with E-state index in [0.29, 0.717) is 4.77 Å². The van der Waals surface area contributed by atoms with Gasteiger partial charge in [0.2, 0.25) is 0 Å². The first-order valence-electron chi connectivity index (χ1n) is 6.92. The summed E-state index contributed by atoms with van der Waals surface area (Å²) >= 11 is 7.08. The minimum absolute atomic E-state index is 0.104. The summed E-state index contributed by atoms with van der Waals surface area (Å²) in [7, 11) is 0. The van der Waals surface area contributed by atoms with E-state index >= 15 is 0 Å². The molecule has 1 N–H and O–H groups in total. The van der Waals surface area contributed by atoms with Crippen molar-refractivity contribution in [1.29, 1.82) is 0 Å². The maximum atomic E-state index is 12.8. The van der Waals surface area contributed by atoms with Gasteiger partial charge in [-0.1, -0.05) is 6.92 Å². The van der Waals surface area contributed by atoms with Crippen LogP contribution in [0.5, 0.6) is 0 Å². The van der Waals surface area contributed by atoms with Gasteiger partial charge in [0.15, 0.2) is 4.77 Å². The number of H-pyrrole nitrogens is 1. The number of hydrogen-bond acceptors (Lipinski definition) is 3. The van der Waals surface area contributed by atoms with E-state index in [2.05, 4.69) is 18.8 Å². The van der Waals surface area contributed by atoms with Crippen LogP contribution in [0.4, 0.5) is 0 Å². The average molecular weight is 294 g/mol. The molecule has 3 nitrogen and oxygen atoms in total. The van der Waals surface area contributed by atoms with Crippen molar-refractivity contribution < 1.29 is 0 Å². The summed E-state index contributed by atoms with van der Waals surface area (Å²) in [6, 6.07) is 0.153. The highest BCUT2D eigenvalue weighted by Gasteiger charge is 2.21. The fourth-order valence-electron chi connectivity index (χ4n) is 2.83. The Kier molecular flexibility index (Phi) is 3.35. The minimum atomic E-state index is 0.104. The lowest BCUT2D eigenvalue weighted by Gasteiger charge is -2.14. The van der Waals surface area contributed by atoms with E-state index < -0.39 is 0 Å². The second-order valence-corrected chi connectivity index (χ2v) is 6.77. The molecule has 102 valence electrons. The van der Waals surface area contributed by atoms with Gasteiger partial charge in [0.1, 0.15) is 4.83 Å². The lowest BCUT2D eigenvalue weighted by molar-refractivity contribution is 0.504. The van der Waals surface area contributed by atoms with E-state index in [9.17, 15) is 4.79 Å². The van der Waals surface area contributed by atoms with Gasteiger partial charge in [0.05, 0.1) is 5.39 Å². The van der Waals surface area contributed by atoms with Crippen molar-refractivity contribution in [3.8, 4) is 0 Å². The molecule has 2 heterocycles. The minimum Gasteiger partial charge on any atom is -0.323 e. The van der Waals surface area contributed by atoms with Gasteiger partial charge in [-0.25, -0.2) is 0 Å². The summed E-state index contributed by atoms with van der Waals surface area (Å²) in [6.07, 6.45) is 5.49. The van der Waals surface area contributed by atoms with Gasteiger partial charge >= 0.3 is 0 Å². The molecule has 1 unspecified atom stereocenters. The number of thiophene rings is 1. The lowest BCUT2D eigenvalue weighted by Crippen LogP contribution is -2.25. The van der Waals surface area contributed by atoms with Crippen LogP contribution < -0.4 is 5.56 Å². The number of aryl methyl sites for hydroxylation is 2. The van der Waals surface area contributed by atoms with Crippen molar-refractivity contribution in [3.05, 3.63) is 25.6 Å². The summed E-state index contributed by atoms with van der Waals surface area (Å²) in [4.78, 5) is 18.4. The fourth-order valence-corrected chi connectivity index (χ4v) is 4.54. The molecule has 0 amide bonds. The standard InChI is InChI=1S/C14H18N2OS2/c1-3-8(2)16-13(17)11-9-6-4-5-7-10(9)19-12(11)15-14(16)18/h8H,3-7H2,1-2H3,(H,15,18). The van der Waals surface area contributed by atoms with Gasteiger partial charge in [0, 0.05) is 10.9 Å². The summed E-state index contributed by atoms with van der Waals surface area (Å²) in [5.41, 5.74) is 1.38. The van der Waals surface area contributed by atoms with Crippen LogP contribution in [0.15, 0.2) is 4.79 Å². The number of nitrogens with zero attached hydrogens (tertiary/aromatic N) is 1. The van der Waals surface area contributed by atoms with E-state index in [1.54, 1.807) is 15.9 Å². The quantitative estimate of drug-likeness (QED) is 0.851. The Balaban J connectivity index is 2.37. The third kappa shape index (κ3) is 1.99. The molecule has 2 aromatic rings. The molecule has 0 aliphatic heterocycles. The molecule has 0 spiro atoms. The van der Waals surface area contributed by atoms with Gasteiger partial charge in [-0.3, -0.25) is 9.36 Å². The Hall–Kier alpha value is -0.940. The van der Waals surface area contributed by atoms with Crippen molar-refractivity contribution in [2.75, 3.05) is 0 Å². The Morgan fingerprint density at radius 2 is 2.16 bits per heavy atom. The molecule has 1 atom stereocenters. The number of aromatic amines is 1. The molecule has 0 saturated carbocycles. The highest BCUT2D eigenvalue weighted by Crippen LogP contribution is 2.33. The summed E-state index contributed by atoms with van der Waals surface area (Å²) in [5, 5.41) is 0.897. The van der Waals surface area contributed by atoms with E-state index in [1.807, 2.05) is 0 Å². The Morgan fingerprint density at radius 3 is 2.89 bits per heavy atom. The molecule has 0 saturated heterocycles. The molecule has 5 heteroatoms. The third-order valence-electron chi connectivity index (χ3n) is 4.07. The van der Waals surface area contributed by atoms with Crippen molar-refractivity contribution in [3.63, 3.8) is 0 Å². The Morgan fingerprint density at radius 1 is 1.42 bits per heavy atom. The zero-order chi connectivity index (χ0) is 13.6. The summed E-state index contributed by atoms with van der Waals surface area (Å²) < 4.78 is 2.31. The van der Waals surface area contributed by atoms with E-state index in [0.717, 1.165) is 29.5 Å². The van der Waals surface area contributed by atoms with Crippen LogP contribution >= 0.6 is 23.6 Å². The summed E-state index contributed by atoms with van der Waals surface area (Å²) in [6.45, 7) is 4.13. The van der Waals surface area contributed by atoms with Crippen molar-refractivity contribution in [1.82, 2.24) is 9.55 Å². The maximum Gasteiger partial charge on any atom is 0.263 e. The Bertz CT molecular complexity index is 738. The SMILES string of the molecule is CCC(C)n1c(=S)[nH]c2sc3c(c2c1=O)CCCC3. The second kappa shape index (κ2) is 4.87. The summed E-state index contributed by atoms with van der Waals surface area (Å²) in [5.74, 6) is 0. The molecule has 0 bridgehead atoms. The predicted molar refractivity (Wildman–Crippen MR) is 82.9 cm³/mol. The highest BCUT2D eigenvalue weighted by atomic mass is 32.1. The highest BCUT2D eigenvalue weighted by molar-refractivity contribution is 7.71. The number of fused-ring (bicyclic) bond motifs is 3. The van der Waals surface area contributed by atoms with Crippen LogP contribution in [0, 0.1) is 4.77 Å². The largest absolute Gasteiger partial charge is 0.323 e. The lowest BCUT2D eigenvalue weighted by atomic mass is 9.97. The Labute approximate surface area is 121 Å². The van der Waals surface area contributed by atoms with Gasteiger partial charge in [-0.15, -0.1) is 11.3 Å². The molecule has 0 fully saturated rings. The van der Waals surface area contributed by atoms with Crippen molar-refractivity contribution in [2.24, 2.45) is 0 Å². The number of hydrogen-bond donors (Lipinski definition) is 1. The molecule has 3 rings (SSSR count). The average Bonchev–Trinajstić information content (AvgIpc) is 2.76. The fraction of sp³-hybridized carbons (Fsp3) is 0.571. The predicted octanol–water partition coefficient (Wildman–Crippen LogP) is 3.97. The van der Waals surface area contributed by atoms with Gasteiger partial charge in [-0.05, 0) is 56.8 Å². The molecule has 2 aromatic heterocycles. The maximum absolute atomic E-state index is 12.8. The van der Waals surface area contributed by atoms with Gasteiger partial charge in [-0.2, -0.15) is 0 Å². The monoisotopic (exact) mass is 294 g/mol. The van der Waals surface area contributed by atoms with E-state index in [4.69, 9.17) is 12.2 Å². The van der Waals surface area contributed by atoms with Gasteiger partial charge < -0.3 is 4.98 Å². The smallest absolute Gasteiger partial charge is 0.263 e. The van der Waals surface area contributed by atoms with Gasteiger partial charge in [0.25, 0.3) is 5.56 Å². The van der Waals surface area contributed by atoms with Crippen LogP contribution in [0.3, 0.4) is 0 Å². The first-order chi connectivity index (χ1) is 9.13. The molecular weight excluding hydrogens is 276 g/mol. The molecule has 1 aliphatic rings. The normalized spacial score (nSPS) is 16.5.